The minimum absolute atomic E-state index is 0.864. The van der Waals surface area contributed by atoms with Gasteiger partial charge < -0.3 is 4.57 Å². The van der Waals surface area contributed by atoms with Crippen LogP contribution in [0.3, 0.4) is 0 Å². The van der Waals surface area contributed by atoms with Crippen LogP contribution in [0.1, 0.15) is 12.5 Å². The van der Waals surface area contributed by atoms with Crippen LogP contribution in [0, 0.1) is 0 Å². The average molecular weight is 803 g/mol. The van der Waals surface area contributed by atoms with Crippen molar-refractivity contribution in [1.82, 2.24) is 9.55 Å². The Bertz CT molecular complexity index is 3680. The van der Waals surface area contributed by atoms with E-state index in [0.29, 0.717) is 0 Å². The van der Waals surface area contributed by atoms with E-state index in [1.54, 1.807) is 0 Å². The van der Waals surface area contributed by atoms with Gasteiger partial charge in [0.05, 0.1) is 22.4 Å². The standard InChI is InChI=1S/C61H42N2/c1-2-47-54(42-31-29-41(30-32-42)40-17-6-3-7-18-40)39-57(62-61(47)43-19-8-4-9-20-43)45-33-35-53-55(38-45)50-24-13-12-23-49(50)52-27-16-26-48(60(52)53)44-34-36-59-56(37-44)51-25-14-15-28-58(51)63(59)46-21-10-5-11-22-46/h3-39H,2H2,1H3. The van der Waals surface area contributed by atoms with Crippen molar-refractivity contribution in [1.29, 1.82) is 0 Å². The van der Waals surface area contributed by atoms with Crippen LogP contribution in [-0.4, -0.2) is 9.55 Å². The number of rotatable bonds is 7. The summed E-state index contributed by atoms with van der Waals surface area (Å²) in [6.45, 7) is 2.24. The zero-order chi connectivity index (χ0) is 41.9. The number of aromatic nitrogens is 2. The molecule has 0 saturated heterocycles. The molecule has 0 N–H and O–H groups in total. The highest BCUT2D eigenvalue weighted by Crippen LogP contribution is 2.44. The molecule has 0 atom stereocenters. The summed E-state index contributed by atoms with van der Waals surface area (Å²) in [4.78, 5) is 5.53. The Balaban J connectivity index is 1.07. The molecule has 0 fully saturated rings. The van der Waals surface area contributed by atoms with Crippen molar-refractivity contribution in [2.75, 3.05) is 0 Å². The lowest BCUT2D eigenvalue weighted by Gasteiger charge is -2.18. The van der Waals surface area contributed by atoms with Crippen LogP contribution in [0.2, 0.25) is 0 Å². The average Bonchev–Trinajstić information content (AvgIpc) is 3.70. The zero-order valence-electron chi connectivity index (χ0n) is 35.0. The Labute approximate surface area is 367 Å². The van der Waals surface area contributed by atoms with Gasteiger partial charge in [-0.3, -0.25) is 0 Å². The Morgan fingerprint density at radius 3 is 1.63 bits per heavy atom. The molecule has 2 heterocycles. The summed E-state index contributed by atoms with van der Waals surface area (Å²) < 4.78 is 2.39. The number of hydrogen-bond acceptors (Lipinski definition) is 1. The van der Waals surface area contributed by atoms with Gasteiger partial charge in [-0.25, -0.2) is 4.98 Å². The summed E-state index contributed by atoms with van der Waals surface area (Å²) in [5, 5.41) is 9.97. The molecule has 12 rings (SSSR count). The van der Waals surface area contributed by atoms with E-state index < -0.39 is 0 Å². The van der Waals surface area contributed by atoms with E-state index >= 15 is 0 Å². The maximum atomic E-state index is 5.53. The molecule has 2 aromatic heterocycles. The topological polar surface area (TPSA) is 17.8 Å². The summed E-state index contributed by atoms with van der Waals surface area (Å²) in [6, 6.07) is 81.8. The quantitative estimate of drug-likeness (QED) is 0.147. The third-order valence-electron chi connectivity index (χ3n) is 13.0. The third kappa shape index (κ3) is 6.14. The molecule has 0 spiro atoms. The second-order valence-corrected chi connectivity index (χ2v) is 16.5. The normalized spacial score (nSPS) is 11.6. The van der Waals surface area contributed by atoms with Gasteiger partial charge in [-0.2, -0.15) is 0 Å². The highest BCUT2D eigenvalue weighted by atomic mass is 15.0. The van der Waals surface area contributed by atoms with Crippen molar-refractivity contribution in [3.8, 4) is 61.6 Å². The van der Waals surface area contributed by atoms with Gasteiger partial charge in [-0.05, 0) is 120 Å². The van der Waals surface area contributed by atoms with E-state index in [-0.39, 0.29) is 0 Å². The van der Waals surface area contributed by atoms with E-state index in [4.69, 9.17) is 4.98 Å². The second-order valence-electron chi connectivity index (χ2n) is 16.5. The molecule has 2 nitrogen and oxygen atoms in total. The number of hydrogen-bond donors (Lipinski definition) is 0. The van der Waals surface area contributed by atoms with Gasteiger partial charge in [0.25, 0.3) is 0 Å². The number of fused-ring (bicyclic) bond motifs is 9. The molecule has 0 aliphatic carbocycles. The molecule has 0 unspecified atom stereocenters. The first-order chi connectivity index (χ1) is 31.2. The first kappa shape index (κ1) is 36.8. The maximum Gasteiger partial charge on any atom is 0.0747 e. The van der Waals surface area contributed by atoms with Gasteiger partial charge in [0.2, 0.25) is 0 Å². The molecule has 2 heteroatoms. The van der Waals surface area contributed by atoms with Crippen LogP contribution in [0.15, 0.2) is 224 Å². The molecular formula is C61H42N2. The molecule has 0 bridgehead atoms. The molecule has 296 valence electrons. The molecule has 63 heavy (non-hydrogen) atoms. The molecule has 0 aliphatic heterocycles. The molecule has 0 aliphatic rings. The lowest BCUT2D eigenvalue weighted by Crippen LogP contribution is -1.99. The Hall–Kier alpha value is -8.07. The van der Waals surface area contributed by atoms with Crippen molar-refractivity contribution in [3.63, 3.8) is 0 Å². The Morgan fingerprint density at radius 1 is 0.349 bits per heavy atom. The minimum atomic E-state index is 0.864. The second kappa shape index (κ2) is 15.1. The van der Waals surface area contributed by atoms with Crippen LogP contribution in [0.5, 0.6) is 0 Å². The van der Waals surface area contributed by atoms with Gasteiger partial charge in [-0.1, -0.05) is 189 Å². The lowest BCUT2D eigenvalue weighted by atomic mass is 9.87. The summed E-state index contributed by atoms with van der Waals surface area (Å²) in [5.41, 5.74) is 16.3. The highest BCUT2D eigenvalue weighted by Gasteiger charge is 2.20. The van der Waals surface area contributed by atoms with Crippen LogP contribution >= 0.6 is 0 Å². The van der Waals surface area contributed by atoms with E-state index in [2.05, 4.69) is 236 Å². The summed E-state index contributed by atoms with van der Waals surface area (Å²) >= 11 is 0. The maximum absolute atomic E-state index is 5.53. The Kier molecular flexibility index (Phi) is 8.83. The van der Waals surface area contributed by atoms with Gasteiger partial charge >= 0.3 is 0 Å². The molecule has 0 amide bonds. The van der Waals surface area contributed by atoms with Gasteiger partial charge in [0.1, 0.15) is 0 Å². The predicted octanol–water partition coefficient (Wildman–Crippen LogP) is 16.5. The van der Waals surface area contributed by atoms with Crippen molar-refractivity contribution in [2.24, 2.45) is 0 Å². The zero-order valence-corrected chi connectivity index (χ0v) is 35.0. The van der Waals surface area contributed by atoms with E-state index in [9.17, 15) is 0 Å². The number of benzene rings is 10. The van der Waals surface area contributed by atoms with Crippen molar-refractivity contribution < 1.29 is 0 Å². The van der Waals surface area contributed by atoms with Gasteiger partial charge in [0.15, 0.2) is 0 Å². The SMILES string of the molecule is CCc1c(-c2ccc(-c3ccccc3)cc2)cc(-c2ccc3c(c2)c2ccccc2c2cccc(-c4ccc5c(c4)c4ccccc4n5-c4ccccc4)c23)nc1-c1ccccc1. The summed E-state index contributed by atoms with van der Waals surface area (Å²) in [5.74, 6) is 0. The van der Waals surface area contributed by atoms with Crippen molar-refractivity contribution in [3.05, 3.63) is 230 Å². The lowest BCUT2D eigenvalue weighted by molar-refractivity contribution is 1.11. The van der Waals surface area contributed by atoms with Crippen molar-refractivity contribution >= 4 is 54.1 Å². The van der Waals surface area contributed by atoms with E-state index in [0.717, 1.165) is 34.6 Å². The van der Waals surface area contributed by atoms with Crippen LogP contribution in [0.25, 0.3) is 116 Å². The fraction of sp³-hybridized carbons (Fsp3) is 0.0328. The molecule has 0 saturated carbocycles. The van der Waals surface area contributed by atoms with Gasteiger partial charge in [-0.15, -0.1) is 0 Å². The monoisotopic (exact) mass is 802 g/mol. The van der Waals surface area contributed by atoms with E-state index in [1.807, 2.05) is 0 Å². The van der Waals surface area contributed by atoms with Crippen molar-refractivity contribution in [2.45, 2.75) is 13.3 Å². The largest absolute Gasteiger partial charge is 0.309 e. The minimum Gasteiger partial charge on any atom is -0.309 e. The van der Waals surface area contributed by atoms with Crippen LogP contribution in [-0.2, 0) is 6.42 Å². The number of nitrogens with zero attached hydrogens (tertiary/aromatic N) is 2. The first-order valence-electron chi connectivity index (χ1n) is 21.9. The molecular weight excluding hydrogens is 761 g/mol. The third-order valence-corrected chi connectivity index (χ3v) is 13.0. The van der Waals surface area contributed by atoms with Crippen LogP contribution < -0.4 is 0 Å². The molecule has 12 aromatic rings. The molecule has 10 aromatic carbocycles. The summed E-state index contributed by atoms with van der Waals surface area (Å²) in [7, 11) is 0. The fourth-order valence-corrected chi connectivity index (χ4v) is 10.0. The first-order valence-corrected chi connectivity index (χ1v) is 21.9. The van der Waals surface area contributed by atoms with E-state index in [1.165, 1.54) is 93.1 Å². The predicted molar refractivity (Wildman–Crippen MR) is 268 cm³/mol. The number of pyridine rings is 1. The smallest absolute Gasteiger partial charge is 0.0747 e. The summed E-state index contributed by atoms with van der Waals surface area (Å²) in [6.07, 6.45) is 0.864. The Morgan fingerprint density at radius 2 is 0.889 bits per heavy atom. The molecule has 0 radical (unpaired) electrons. The highest BCUT2D eigenvalue weighted by molar-refractivity contribution is 6.29. The fourth-order valence-electron chi connectivity index (χ4n) is 10.0. The number of para-hydroxylation sites is 2. The van der Waals surface area contributed by atoms with Gasteiger partial charge in [0, 0.05) is 27.6 Å². The van der Waals surface area contributed by atoms with Crippen LogP contribution in [0.4, 0.5) is 0 Å².